The maximum atomic E-state index is 12.0. The number of nitrogens with one attached hydrogen (secondary N) is 1. The molecule has 0 saturated heterocycles. The third-order valence-electron chi connectivity index (χ3n) is 2.67. The lowest BCUT2D eigenvalue weighted by molar-refractivity contribution is 0.102. The summed E-state index contributed by atoms with van der Waals surface area (Å²) < 4.78 is 0.854. The molecule has 5 heteroatoms. The summed E-state index contributed by atoms with van der Waals surface area (Å²) in [5.74, 6) is -0.377. The molecule has 0 aliphatic rings. The van der Waals surface area contributed by atoms with Gasteiger partial charge in [-0.15, -0.1) is 0 Å². The van der Waals surface area contributed by atoms with Gasteiger partial charge in [0.25, 0.3) is 5.91 Å². The Hall–Kier alpha value is -1.76. The molecule has 0 aliphatic carbocycles. The molecule has 19 heavy (non-hydrogen) atoms. The van der Waals surface area contributed by atoms with Gasteiger partial charge in [0.1, 0.15) is 11.5 Å². The van der Waals surface area contributed by atoms with Crippen LogP contribution in [0.5, 0.6) is 11.5 Å². The Morgan fingerprint density at radius 2 is 1.84 bits per heavy atom. The monoisotopic (exact) mass is 369 g/mol. The molecule has 0 heterocycles. The molecule has 0 radical (unpaired) electrons. The summed E-state index contributed by atoms with van der Waals surface area (Å²) in [7, 11) is 0. The maximum absolute atomic E-state index is 12.0. The summed E-state index contributed by atoms with van der Waals surface area (Å²) >= 11 is 2.07. The molecule has 0 spiro atoms. The highest BCUT2D eigenvalue weighted by Crippen LogP contribution is 2.24. The van der Waals surface area contributed by atoms with Gasteiger partial charge in [0.2, 0.25) is 0 Å². The number of benzene rings is 2. The van der Waals surface area contributed by atoms with E-state index in [1.54, 1.807) is 31.2 Å². The van der Waals surface area contributed by atoms with Crippen molar-refractivity contribution in [3.05, 3.63) is 51.1 Å². The van der Waals surface area contributed by atoms with Crippen LogP contribution in [0.1, 0.15) is 15.9 Å². The molecule has 3 N–H and O–H groups in total. The van der Waals surface area contributed by atoms with Gasteiger partial charge in [-0.25, -0.2) is 0 Å². The smallest absolute Gasteiger partial charge is 0.259 e. The van der Waals surface area contributed by atoms with Crippen LogP contribution >= 0.6 is 22.6 Å². The standard InChI is InChI=1S/C14H12INO3/c1-8-2-4-10(7-13(8)18)16-14(19)11-6-9(15)3-5-12(11)17/h2-7,17-18H,1H3,(H,16,19). The summed E-state index contributed by atoms with van der Waals surface area (Å²) in [5, 5.41) is 21.9. The summed E-state index contributed by atoms with van der Waals surface area (Å²) in [6.07, 6.45) is 0. The van der Waals surface area contributed by atoms with Crippen LogP contribution in [0.2, 0.25) is 0 Å². The fraction of sp³-hybridized carbons (Fsp3) is 0.0714. The average Bonchev–Trinajstić information content (AvgIpc) is 2.36. The Kier molecular flexibility index (Phi) is 3.94. The minimum Gasteiger partial charge on any atom is -0.508 e. The lowest BCUT2D eigenvalue weighted by Gasteiger charge is -2.08. The number of phenols is 2. The normalized spacial score (nSPS) is 10.2. The molecular weight excluding hydrogens is 357 g/mol. The van der Waals surface area contributed by atoms with E-state index in [0.717, 1.165) is 9.13 Å². The van der Waals surface area contributed by atoms with Gasteiger partial charge in [0.05, 0.1) is 5.56 Å². The zero-order valence-electron chi connectivity index (χ0n) is 10.1. The number of aryl methyl sites for hydroxylation is 1. The molecule has 2 aromatic carbocycles. The molecule has 0 atom stereocenters. The summed E-state index contributed by atoms with van der Waals surface area (Å²) in [6, 6.07) is 9.66. The van der Waals surface area contributed by atoms with E-state index >= 15 is 0 Å². The lowest BCUT2D eigenvalue weighted by atomic mass is 10.1. The van der Waals surface area contributed by atoms with E-state index < -0.39 is 5.91 Å². The molecular formula is C14H12INO3. The highest BCUT2D eigenvalue weighted by Gasteiger charge is 2.12. The predicted octanol–water partition coefficient (Wildman–Crippen LogP) is 3.26. The SMILES string of the molecule is Cc1ccc(NC(=O)c2cc(I)ccc2O)cc1O. The largest absolute Gasteiger partial charge is 0.508 e. The quantitative estimate of drug-likeness (QED) is 0.712. The summed E-state index contributed by atoms with van der Waals surface area (Å²) in [4.78, 5) is 12.0. The average molecular weight is 369 g/mol. The summed E-state index contributed by atoms with van der Waals surface area (Å²) in [5.41, 5.74) is 1.41. The fourth-order valence-electron chi connectivity index (χ4n) is 1.58. The van der Waals surface area contributed by atoms with Gasteiger partial charge >= 0.3 is 0 Å². The van der Waals surface area contributed by atoms with Gasteiger partial charge < -0.3 is 15.5 Å². The molecule has 0 unspecified atom stereocenters. The number of hydrogen-bond acceptors (Lipinski definition) is 3. The molecule has 0 aromatic heterocycles. The second-order valence-electron chi connectivity index (χ2n) is 4.12. The number of phenolic OH excluding ortho intramolecular Hbond substituents is 2. The van der Waals surface area contributed by atoms with E-state index in [9.17, 15) is 15.0 Å². The third-order valence-corrected chi connectivity index (χ3v) is 3.34. The molecule has 0 fully saturated rings. The van der Waals surface area contributed by atoms with Crippen LogP contribution in [0.3, 0.4) is 0 Å². The van der Waals surface area contributed by atoms with E-state index in [2.05, 4.69) is 27.9 Å². The van der Waals surface area contributed by atoms with Gasteiger partial charge in [-0.1, -0.05) is 6.07 Å². The number of amides is 1. The van der Waals surface area contributed by atoms with E-state index in [1.165, 1.54) is 12.1 Å². The Balaban J connectivity index is 2.25. The number of hydrogen-bond donors (Lipinski definition) is 3. The first-order valence-corrected chi connectivity index (χ1v) is 6.65. The first kappa shape index (κ1) is 13.7. The van der Waals surface area contributed by atoms with Gasteiger partial charge in [0, 0.05) is 15.3 Å². The Labute approximate surface area is 124 Å². The fourth-order valence-corrected chi connectivity index (χ4v) is 2.07. The first-order chi connectivity index (χ1) is 8.97. The highest BCUT2D eigenvalue weighted by atomic mass is 127. The number of carbonyl (C=O) groups excluding carboxylic acids is 1. The van der Waals surface area contributed by atoms with Crippen LogP contribution in [-0.2, 0) is 0 Å². The molecule has 2 rings (SSSR count). The molecule has 98 valence electrons. The summed E-state index contributed by atoms with van der Waals surface area (Å²) in [6.45, 7) is 1.77. The van der Waals surface area contributed by atoms with E-state index in [0.29, 0.717) is 5.69 Å². The van der Waals surface area contributed by atoms with Crippen molar-refractivity contribution in [1.82, 2.24) is 0 Å². The lowest BCUT2D eigenvalue weighted by Crippen LogP contribution is -2.12. The third kappa shape index (κ3) is 3.17. The van der Waals surface area contributed by atoms with Crippen LogP contribution in [0.25, 0.3) is 0 Å². The van der Waals surface area contributed by atoms with E-state index in [4.69, 9.17) is 0 Å². The number of rotatable bonds is 2. The van der Waals surface area contributed by atoms with E-state index in [1.807, 2.05) is 0 Å². The first-order valence-electron chi connectivity index (χ1n) is 5.57. The van der Waals surface area contributed by atoms with Crippen LogP contribution in [0.15, 0.2) is 36.4 Å². The number of anilines is 1. The number of aromatic hydroxyl groups is 2. The van der Waals surface area contributed by atoms with Gasteiger partial charge in [-0.05, 0) is 59.3 Å². The van der Waals surface area contributed by atoms with Crippen LogP contribution in [0, 0.1) is 10.5 Å². The van der Waals surface area contributed by atoms with Crippen molar-refractivity contribution in [2.24, 2.45) is 0 Å². The Morgan fingerprint density at radius 1 is 1.11 bits per heavy atom. The second-order valence-corrected chi connectivity index (χ2v) is 5.36. The van der Waals surface area contributed by atoms with Gasteiger partial charge in [0.15, 0.2) is 0 Å². The van der Waals surface area contributed by atoms with Crippen molar-refractivity contribution >= 4 is 34.2 Å². The Bertz CT molecular complexity index is 641. The van der Waals surface area contributed by atoms with Crippen molar-refractivity contribution < 1.29 is 15.0 Å². The molecule has 0 bridgehead atoms. The molecule has 0 saturated carbocycles. The molecule has 2 aromatic rings. The zero-order chi connectivity index (χ0) is 14.0. The number of halogens is 1. The van der Waals surface area contributed by atoms with Crippen molar-refractivity contribution in [2.45, 2.75) is 6.92 Å². The Morgan fingerprint density at radius 3 is 2.53 bits per heavy atom. The van der Waals surface area contributed by atoms with E-state index in [-0.39, 0.29) is 17.1 Å². The highest BCUT2D eigenvalue weighted by molar-refractivity contribution is 14.1. The van der Waals surface area contributed by atoms with Crippen LogP contribution in [0.4, 0.5) is 5.69 Å². The van der Waals surface area contributed by atoms with Crippen molar-refractivity contribution in [1.29, 1.82) is 0 Å². The molecule has 4 nitrogen and oxygen atoms in total. The van der Waals surface area contributed by atoms with Crippen molar-refractivity contribution in [3.8, 4) is 11.5 Å². The molecule has 1 amide bonds. The minimum atomic E-state index is -0.417. The van der Waals surface area contributed by atoms with Crippen molar-refractivity contribution in [3.63, 3.8) is 0 Å². The van der Waals surface area contributed by atoms with Crippen LogP contribution < -0.4 is 5.32 Å². The zero-order valence-corrected chi connectivity index (χ0v) is 12.3. The second kappa shape index (κ2) is 5.48. The van der Waals surface area contributed by atoms with Crippen LogP contribution in [-0.4, -0.2) is 16.1 Å². The predicted molar refractivity (Wildman–Crippen MR) is 81.6 cm³/mol. The van der Waals surface area contributed by atoms with Crippen molar-refractivity contribution in [2.75, 3.05) is 5.32 Å². The maximum Gasteiger partial charge on any atom is 0.259 e. The number of carbonyl (C=O) groups is 1. The van der Waals surface area contributed by atoms with Gasteiger partial charge in [-0.3, -0.25) is 4.79 Å². The molecule has 0 aliphatic heterocycles. The topological polar surface area (TPSA) is 69.6 Å². The minimum absolute atomic E-state index is 0.0748. The van der Waals surface area contributed by atoms with Gasteiger partial charge in [-0.2, -0.15) is 0 Å².